The maximum absolute atomic E-state index is 12.6. The number of amides is 2. The van der Waals surface area contributed by atoms with Gasteiger partial charge in [0.1, 0.15) is 10.6 Å². The molecule has 0 aliphatic rings. The lowest BCUT2D eigenvalue weighted by atomic mass is 10.1. The van der Waals surface area contributed by atoms with Crippen LogP contribution < -0.4 is 10.6 Å². The highest BCUT2D eigenvalue weighted by atomic mass is 32.1. The van der Waals surface area contributed by atoms with Gasteiger partial charge in [-0.1, -0.05) is 47.7 Å². The Kier molecular flexibility index (Phi) is 5.20. The average molecular weight is 417 g/mol. The van der Waals surface area contributed by atoms with E-state index >= 15 is 0 Å². The van der Waals surface area contributed by atoms with Gasteiger partial charge in [-0.05, 0) is 48.4 Å². The van der Waals surface area contributed by atoms with Crippen molar-refractivity contribution in [2.24, 2.45) is 0 Å². The smallest absolute Gasteiger partial charge is 0.267 e. The van der Waals surface area contributed by atoms with Crippen molar-refractivity contribution in [1.29, 1.82) is 0 Å². The van der Waals surface area contributed by atoms with Gasteiger partial charge in [0.2, 0.25) is 0 Å². The summed E-state index contributed by atoms with van der Waals surface area (Å²) < 4.78 is 0. The van der Waals surface area contributed by atoms with Gasteiger partial charge in [0.05, 0.1) is 11.9 Å². The molecule has 6 nitrogen and oxygen atoms in total. The van der Waals surface area contributed by atoms with E-state index in [4.69, 9.17) is 0 Å². The molecule has 0 unspecified atom stereocenters. The summed E-state index contributed by atoms with van der Waals surface area (Å²) in [4.78, 5) is 29.7. The van der Waals surface area contributed by atoms with Crippen molar-refractivity contribution in [2.45, 2.75) is 13.8 Å². The van der Waals surface area contributed by atoms with Crippen LogP contribution in [0, 0.1) is 13.8 Å². The highest BCUT2D eigenvalue weighted by molar-refractivity contribution is 7.17. The van der Waals surface area contributed by atoms with Crippen molar-refractivity contribution >= 4 is 44.7 Å². The van der Waals surface area contributed by atoms with Crippen LogP contribution >= 0.6 is 11.3 Å². The van der Waals surface area contributed by atoms with E-state index in [1.54, 1.807) is 25.1 Å². The molecule has 150 valence electrons. The van der Waals surface area contributed by atoms with Crippen LogP contribution in [0.15, 0.2) is 60.8 Å². The normalized spacial score (nSPS) is 10.7. The van der Waals surface area contributed by atoms with Crippen LogP contribution in [0.5, 0.6) is 5.75 Å². The van der Waals surface area contributed by atoms with Crippen molar-refractivity contribution in [3.8, 4) is 5.75 Å². The maximum atomic E-state index is 12.6. The summed E-state index contributed by atoms with van der Waals surface area (Å²) in [5.74, 6) is -0.527. The first-order valence-electron chi connectivity index (χ1n) is 9.29. The van der Waals surface area contributed by atoms with Gasteiger partial charge in [-0.3, -0.25) is 14.9 Å². The molecule has 0 saturated heterocycles. The van der Waals surface area contributed by atoms with Crippen molar-refractivity contribution in [1.82, 2.24) is 4.98 Å². The number of phenolic OH excluding ortho intramolecular Hbond substituents is 1. The maximum Gasteiger partial charge on any atom is 0.267 e. The number of phenols is 1. The Morgan fingerprint density at radius 3 is 2.50 bits per heavy atom. The fourth-order valence-corrected chi connectivity index (χ4v) is 3.85. The molecule has 0 aliphatic heterocycles. The Bertz CT molecular complexity index is 1280. The summed E-state index contributed by atoms with van der Waals surface area (Å²) in [5, 5.41) is 17.8. The first-order valence-corrected chi connectivity index (χ1v) is 10.1. The molecule has 1 aromatic heterocycles. The number of aromatic hydroxyl groups is 1. The van der Waals surface area contributed by atoms with Gasteiger partial charge in [0.15, 0.2) is 5.13 Å². The van der Waals surface area contributed by atoms with Crippen molar-refractivity contribution < 1.29 is 14.7 Å². The molecule has 2 amide bonds. The van der Waals surface area contributed by atoms with Crippen LogP contribution in [0.4, 0.5) is 10.8 Å². The predicted molar refractivity (Wildman–Crippen MR) is 120 cm³/mol. The van der Waals surface area contributed by atoms with Gasteiger partial charge in [-0.25, -0.2) is 4.98 Å². The summed E-state index contributed by atoms with van der Waals surface area (Å²) in [6.07, 6.45) is 1.42. The molecule has 0 spiro atoms. The van der Waals surface area contributed by atoms with Crippen LogP contribution in [0.3, 0.4) is 0 Å². The lowest BCUT2D eigenvalue weighted by Gasteiger charge is -2.11. The van der Waals surface area contributed by atoms with E-state index < -0.39 is 0 Å². The molecule has 0 saturated carbocycles. The zero-order chi connectivity index (χ0) is 21.3. The summed E-state index contributed by atoms with van der Waals surface area (Å²) in [5.41, 5.74) is 2.52. The Morgan fingerprint density at radius 1 is 0.933 bits per heavy atom. The highest BCUT2D eigenvalue weighted by Crippen LogP contribution is 2.29. The fraction of sp³-hybridized carbons (Fsp3) is 0.0870. The minimum atomic E-state index is -0.351. The molecule has 7 heteroatoms. The number of aryl methyl sites for hydroxylation is 1. The number of aromatic nitrogens is 1. The van der Waals surface area contributed by atoms with E-state index in [-0.39, 0.29) is 17.6 Å². The number of hydrogen-bond acceptors (Lipinski definition) is 5. The largest absolute Gasteiger partial charge is 0.508 e. The van der Waals surface area contributed by atoms with E-state index in [2.05, 4.69) is 15.6 Å². The lowest BCUT2D eigenvalue weighted by Crippen LogP contribution is -2.12. The molecule has 0 atom stereocenters. The SMILES string of the molecule is Cc1ccc(O)c(C)c1NC(=O)c1cnc(NC(=O)c2ccc3ccccc3c2)s1. The molecule has 3 N–H and O–H groups in total. The van der Waals surface area contributed by atoms with Crippen LogP contribution in [-0.2, 0) is 0 Å². The van der Waals surface area contributed by atoms with Crippen LogP contribution in [0.1, 0.15) is 31.2 Å². The number of nitrogens with one attached hydrogen (secondary N) is 2. The Labute approximate surface area is 177 Å². The Morgan fingerprint density at radius 2 is 1.70 bits per heavy atom. The van der Waals surface area contributed by atoms with Crippen molar-refractivity contribution in [3.63, 3.8) is 0 Å². The standard InChI is InChI=1S/C23H19N3O3S/c1-13-7-10-18(27)14(2)20(13)25-22(29)19-12-24-23(30-19)26-21(28)17-9-8-15-5-3-4-6-16(15)11-17/h3-12,27H,1-2H3,(H,25,29)(H,24,26,28). The molecular formula is C23H19N3O3S. The van der Waals surface area contributed by atoms with Gasteiger partial charge in [0, 0.05) is 11.1 Å². The van der Waals surface area contributed by atoms with Crippen LogP contribution in [0.2, 0.25) is 0 Å². The van der Waals surface area contributed by atoms with Crippen molar-refractivity contribution in [3.05, 3.63) is 82.4 Å². The van der Waals surface area contributed by atoms with Crippen molar-refractivity contribution in [2.75, 3.05) is 10.6 Å². The molecule has 30 heavy (non-hydrogen) atoms. The average Bonchev–Trinajstić information content (AvgIpc) is 3.22. The molecule has 0 fully saturated rings. The molecule has 1 heterocycles. The molecular weight excluding hydrogens is 398 g/mol. The topological polar surface area (TPSA) is 91.3 Å². The first kappa shape index (κ1) is 19.6. The lowest BCUT2D eigenvalue weighted by molar-refractivity contribution is 0.102. The summed E-state index contributed by atoms with van der Waals surface area (Å²) in [7, 11) is 0. The Balaban J connectivity index is 1.49. The minimum absolute atomic E-state index is 0.114. The van der Waals surface area contributed by atoms with E-state index in [0.717, 1.165) is 27.7 Å². The molecule has 0 aliphatic carbocycles. The number of nitrogens with zero attached hydrogens (tertiary/aromatic N) is 1. The van der Waals surface area contributed by atoms with Crippen LogP contribution in [0.25, 0.3) is 10.8 Å². The van der Waals surface area contributed by atoms with E-state index in [0.29, 0.717) is 26.8 Å². The number of thiazole rings is 1. The molecule has 0 bridgehead atoms. The summed E-state index contributed by atoms with van der Waals surface area (Å²) in [6, 6.07) is 16.6. The van der Waals surface area contributed by atoms with Gasteiger partial charge in [-0.2, -0.15) is 0 Å². The second-order valence-corrected chi connectivity index (χ2v) is 7.93. The quantitative estimate of drug-likeness (QED) is 0.430. The minimum Gasteiger partial charge on any atom is -0.508 e. The van der Waals surface area contributed by atoms with Gasteiger partial charge in [-0.15, -0.1) is 0 Å². The molecule has 4 aromatic rings. The monoisotopic (exact) mass is 417 g/mol. The van der Waals surface area contributed by atoms with Gasteiger partial charge < -0.3 is 10.4 Å². The van der Waals surface area contributed by atoms with E-state index in [9.17, 15) is 14.7 Å². The number of benzene rings is 3. The van der Waals surface area contributed by atoms with E-state index in [1.165, 1.54) is 6.20 Å². The number of carbonyl (C=O) groups is 2. The van der Waals surface area contributed by atoms with E-state index in [1.807, 2.05) is 43.3 Å². The number of carbonyl (C=O) groups excluding carboxylic acids is 2. The summed E-state index contributed by atoms with van der Waals surface area (Å²) in [6.45, 7) is 3.59. The number of anilines is 2. The second kappa shape index (κ2) is 7.96. The number of fused-ring (bicyclic) bond motifs is 1. The third kappa shape index (κ3) is 3.88. The molecule has 3 aromatic carbocycles. The molecule has 4 rings (SSSR count). The Hall–Kier alpha value is -3.71. The first-order chi connectivity index (χ1) is 14.4. The number of rotatable bonds is 4. The predicted octanol–water partition coefficient (Wildman–Crippen LogP) is 5.12. The highest BCUT2D eigenvalue weighted by Gasteiger charge is 2.16. The van der Waals surface area contributed by atoms with Gasteiger partial charge in [0.25, 0.3) is 11.8 Å². The zero-order valence-corrected chi connectivity index (χ0v) is 17.2. The zero-order valence-electron chi connectivity index (χ0n) is 16.4. The third-order valence-electron chi connectivity index (χ3n) is 4.84. The molecule has 0 radical (unpaired) electrons. The van der Waals surface area contributed by atoms with Gasteiger partial charge >= 0.3 is 0 Å². The number of hydrogen-bond donors (Lipinski definition) is 3. The summed E-state index contributed by atoms with van der Waals surface area (Å²) >= 11 is 1.09. The third-order valence-corrected chi connectivity index (χ3v) is 5.76. The van der Waals surface area contributed by atoms with Crippen LogP contribution in [-0.4, -0.2) is 21.9 Å². The second-order valence-electron chi connectivity index (χ2n) is 6.90. The fourth-order valence-electron chi connectivity index (χ4n) is 3.14.